The van der Waals surface area contributed by atoms with Gasteiger partial charge in [-0.3, -0.25) is 0 Å². The van der Waals surface area contributed by atoms with Gasteiger partial charge < -0.3 is 9.84 Å². The Balaban J connectivity index is 2.44. The van der Waals surface area contributed by atoms with Gasteiger partial charge in [0.05, 0.1) is 13.2 Å². The summed E-state index contributed by atoms with van der Waals surface area (Å²) in [5.74, 6) is 0.775. The van der Waals surface area contributed by atoms with Crippen LogP contribution in [0, 0.1) is 20.8 Å². The van der Waals surface area contributed by atoms with Crippen LogP contribution in [0.4, 0.5) is 0 Å². The summed E-state index contributed by atoms with van der Waals surface area (Å²) in [4.78, 5) is 0. The molecule has 2 nitrogen and oxygen atoms in total. The smallest absolute Gasteiger partial charge is 0.127 e. The quantitative estimate of drug-likeness (QED) is 0.870. The fourth-order valence-electron chi connectivity index (χ4n) is 2.70. The molecular weight excluding hydrogens is 328 g/mol. The lowest BCUT2D eigenvalue weighted by Crippen LogP contribution is -2.09. The van der Waals surface area contributed by atoms with Crippen molar-refractivity contribution in [2.24, 2.45) is 0 Å². The Labute approximate surface area is 134 Å². The van der Waals surface area contributed by atoms with Crippen molar-refractivity contribution in [1.82, 2.24) is 0 Å². The van der Waals surface area contributed by atoms with Gasteiger partial charge in [0.1, 0.15) is 5.75 Å². The zero-order chi connectivity index (χ0) is 15.6. The van der Waals surface area contributed by atoms with Gasteiger partial charge in [0.2, 0.25) is 0 Å². The molecule has 0 heterocycles. The molecule has 0 aromatic heterocycles. The summed E-state index contributed by atoms with van der Waals surface area (Å²) in [6, 6.07) is 10.2. The van der Waals surface area contributed by atoms with E-state index in [1.165, 1.54) is 5.56 Å². The first-order chi connectivity index (χ1) is 9.95. The maximum absolute atomic E-state index is 10.7. The molecule has 1 atom stereocenters. The molecule has 0 bridgehead atoms. The zero-order valence-corrected chi connectivity index (χ0v) is 14.5. The van der Waals surface area contributed by atoms with Crippen LogP contribution >= 0.6 is 15.9 Å². The summed E-state index contributed by atoms with van der Waals surface area (Å²) in [5.41, 5.74) is 5.27. The molecule has 0 radical (unpaired) electrons. The number of aliphatic hydroxyl groups excluding tert-OH is 1. The Morgan fingerprint density at radius 1 is 1.14 bits per heavy atom. The molecule has 0 saturated heterocycles. The molecule has 2 aromatic carbocycles. The van der Waals surface area contributed by atoms with Crippen molar-refractivity contribution in [2.75, 3.05) is 7.11 Å². The third kappa shape index (κ3) is 3.30. The van der Waals surface area contributed by atoms with E-state index < -0.39 is 6.10 Å². The molecule has 2 aromatic rings. The van der Waals surface area contributed by atoms with Crippen LogP contribution in [-0.2, 0) is 6.42 Å². The third-order valence-corrected chi connectivity index (χ3v) is 4.74. The van der Waals surface area contributed by atoms with Crippen LogP contribution in [0.25, 0.3) is 0 Å². The molecule has 0 amide bonds. The summed E-state index contributed by atoms with van der Waals surface area (Å²) in [6.07, 6.45) is -0.00278. The highest BCUT2D eigenvalue weighted by Gasteiger charge is 2.20. The number of halogens is 1. The summed E-state index contributed by atoms with van der Waals surface area (Å²) < 4.78 is 6.52. The first kappa shape index (κ1) is 16.1. The van der Waals surface area contributed by atoms with E-state index in [9.17, 15) is 5.11 Å². The van der Waals surface area contributed by atoms with Gasteiger partial charge in [-0.15, -0.1) is 0 Å². The summed E-state index contributed by atoms with van der Waals surface area (Å²) in [5, 5.41) is 10.7. The summed E-state index contributed by atoms with van der Waals surface area (Å²) in [7, 11) is 1.65. The van der Waals surface area contributed by atoms with Crippen molar-refractivity contribution in [3.63, 3.8) is 0 Å². The molecule has 112 valence electrons. The molecule has 0 aliphatic heterocycles. The van der Waals surface area contributed by atoms with Crippen LogP contribution in [0.1, 0.15) is 33.9 Å². The van der Waals surface area contributed by atoms with Crippen LogP contribution in [0.5, 0.6) is 5.75 Å². The number of hydrogen-bond acceptors (Lipinski definition) is 2. The average Bonchev–Trinajstić information content (AvgIpc) is 2.44. The van der Waals surface area contributed by atoms with E-state index in [4.69, 9.17) is 4.74 Å². The zero-order valence-electron chi connectivity index (χ0n) is 12.9. The van der Waals surface area contributed by atoms with Gasteiger partial charge in [-0.05, 0) is 49.1 Å². The predicted molar refractivity (Wildman–Crippen MR) is 90.0 cm³/mol. The van der Waals surface area contributed by atoms with Gasteiger partial charge in [-0.1, -0.05) is 40.2 Å². The van der Waals surface area contributed by atoms with Crippen molar-refractivity contribution in [1.29, 1.82) is 0 Å². The first-order valence-electron chi connectivity index (χ1n) is 7.01. The van der Waals surface area contributed by atoms with Crippen molar-refractivity contribution in [3.8, 4) is 5.75 Å². The molecule has 0 saturated carbocycles. The third-order valence-electron chi connectivity index (χ3n) is 3.92. The predicted octanol–water partition coefficient (Wildman–Crippen LogP) is 4.66. The maximum atomic E-state index is 10.7. The van der Waals surface area contributed by atoms with E-state index in [0.717, 1.165) is 32.5 Å². The number of methoxy groups -OCH3 is 1. The van der Waals surface area contributed by atoms with Gasteiger partial charge in [0, 0.05) is 16.5 Å². The lowest BCUT2D eigenvalue weighted by Gasteiger charge is -2.21. The monoisotopic (exact) mass is 348 g/mol. The standard InChI is InChI=1S/C18H21BrO2/c1-11-7-5-6-8-14(11)10-16(20)17-13(3)15(19)9-12(2)18(17)21-4/h5-9,16,20H,10H2,1-4H3. The van der Waals surface area contributed by atoms with Crippen LogP contribution in [0.2, 0.25) is 0 Å². The normalized spacial score (nSPS) is 12.3. The number of hydrogen-bond donors (Lipinski definition) is 1. The van der Waals surface area contributed by atoms with E-state index in [1.54, 1.807) is 7.11 Å². The fourth-order valence-corrected chi connectivity index (χ4v) is 3.25. The number of rotatable bonds is 4. The fraction of sp³-hybridized carbons (Fsp3) is 0.333. The lowest BCUT2D eigenvalue weighted by atomic mass is 9.93. The van der Waals surface area contributed by atoms with E-state index >= 15 is 0 Å². The Morgan fingerprint density at radius 3 is 2.43 bits per heavy atom. The summed E-state index contributed by atoms with van der Waals surface area (Å²) in [6.45, 7) is 6.06. The second-order valence-corrected chi connectivity index (χ2v) is 6.25. The van der Waals surface area contributed by atoms with Crippen LogP contribution in [0.3, 0.4) is 0 Å². The van der Waals surface area contributed by atoms with Crippen molar-refractivity contribution < 1.29 is 9.84 Å². The molecule has 21 heavy (non-hydrogen) atoms. The van der Waals surface area contributed by atoms with Crippen molar-refractivity contribution in [2.45, 2.75) is 33.3 Å². The number of ether oxygens (including phenoxy) is 1. The van der Waals surface area contributed by atoms with Gasteiger partial charge in [0.15, 0.2) is 0 Å². The largest absolute Gasteiger partial charge is 0.496 e. The number of aliphatic hydroxyl groups is 1. The molecule has 1 unspecified atom stereocenters. The van der Waals surface area contributed by atoms with Crippen LogP contribution < -0.4 is 4.74 Å². The molecule has 1 N–H and O–H groups in total. The summed E-state index contributed by atoms with van der Waals surface area (Å²) >= 11 is 3.56. The maximum Gasteiger partial charge on any atom is 0.127 e. The van der Waals surface area contributed by atoms with Crippen LogP contribution in [-0.4, -0.2) is 12.2 Å². The minimum absolute atomic E-state index is 0.583. The highest BCUT2D eigenvalue weighted by molar-refractivity contribution is 9.10. The van der Waals surface area contributed by atoms with Gasteiger partial charge in [-0.2, -0.15) is 0 Å². The molecule has 0 aliphatic rings. The van der Waals surface area contributed by atoms with Crippen molar-refractivity contribution >= 4 is 15.9 Å². The highest BCUT2D eigenvalue weighted by atomic mass is 79.9. The van der Waals surface area contributed by atoms with Gasteiger partial charge >= 0.3 is 0 Å². The first-order valence-corrected chi connectivity index (χ1v) is 7.81. The minimum atomic E-state index is -0.586. The van der Waals surface area contributed by atoms with E-state index in [0.29, 0.717) is 6.42 Å². The Morgan fingerprint density at radius 2 is 1.81 bits per heavy atom. The highest BCUT2D eigenvalue weighted by Crippen LogP contribution is 2.37. The Bertz CT molecular complexity index is 650. The molecule has 0 spiro atoms. The molecular formula is C18H21BrO2. The van der Waals surface area contributed by atoms with Crippen molar-refractivity contribution in [3.05, 3.63) is 62.6 Å². The molecule has 0 aliphatic carbocycles. The number of aryl methyl sites for hydroxylation is 2. The Hall–Kier alpha value is -1.32. The number of benzene rings is 2. The van der Waals surface area contributed by atoms with Gasteiger partial charge in [-0.25, -0.2) is 0 Å². The molecule has 3 heteroatoms. The SMILES string of the molecule is COc1c(C)cc(Br)c(C)c1C(O)Cc1ccccc1C. The molecule has 2 rings (SSSR count). The topological polar surface area (TPSA) is 29.5 Å². The van der Waals surface area contributed by atoms with E-state index in [2.05, 4.69) is 35.0 Å². The molecule has 0 fully saturated rings. The lowest BCUT2D eigenvalue weighted by molar-refractivity contribution is 0.173. The van der Waals surface area contributed by atoms with Crippen LogP contribution in [0.15, 0.2) is 34.8 Å². The second-order valence-electron chi connectivity index (χ2n) is 5.39. The van der Waals surface area contributed by atoms with E-state index in [-0.39, 0.29) is 0 Å². The second kappa shape index (κ2) is 6.63. The Kier molecular flexibility index (Phi) is 5.07. The van der Waals surface area contributed by atoms with E-state index in [1.807, 2.05) is 32.0 Å². The van der Waals surface area contributed by atoms with Gasteiger partial charge in [0.25, 0.3) is 0 Å². The minimum Gasteiger partial charge on any atom is -0.496 e. The average molecular weight is 349 g/mol.